The highest BCUT2D eigenvalue weighted by molar-refractivity contribution is 5.75. The summed E-state index contributed by atoms with van der Waals surface area (Å²) in [6.45, 7) is 7.57. The van der Waals surface area contributed by atoms with Crippen molar-refractivity contribution < 1.29 is 4.79 Å². The highest BCUT2D eigenvalue weighted by atomic mass is 16.1. The second kappa shape index (κ2) is 5.22. The van der Waals surface area contributed by atoms with Crippen molar-refractivity contribution in [3.05, 3.63) is 42.5 Å². The van der Waals surface area contributed by atoms with Crippen LogP contribution in [0.3, 0.4) is 0 Å². The van der Waals surface area contributed by atoms with E-state index in [1.165, 1.54) is 0 Å². The van der Waals surface area contributed by atoms with Crippen molar-refractivity contribution in [2.24, 2.45) is 0 Å². The van der Waals surface area contributed by atoms with Crippen LogP contribution in [0, 0.1) is 0 Å². The molecule has 0 bridgehead atoms. The van der Waals surface area contributed by atoms with Crippen LogP contribution in [-0.2, 0) is 0 Å². The maximum absolute atomic E-state index is 10.5. The van der Waals surface area contributed by atoms with E-state index < -0.39 is 0 Å². The van der Waals surface area contributed by atoms with E-state index >= 15 is 0 Å². The van der Waals surface area contributed by atoms with Gasteiger partial charge in [-0.05, 0) is 31.2 Å². The van der Waals surface area contributed by atoms with E-state index in [0.29, 0.717) is 5.56 Å². The van der Waals surface area contributed by atoms with E-state index in [0.717, 1.165) is 25.1 Å². The first kappa shape index (κ1) is 10.5. The summed E-state index contributed by atoms with van der Waals surface area (Å²) < 4.78 is 0. The van der Waals surface area contributed by atoms with Crippen LogP contribution in [0.15, 0.2) is 36.9 Å². The zero-order valence-corrected chi connectivity index (χ0v) is 8.44. The Hall–Kier alpha value is -1.57. The normalized spacial score (nSPS) is 9.50. The first-order chi connectivity index (χ1) is 6.81. The Balaban J connectivity index is 2.82. The molecule has 0 fully saturated rings. The third-order valence-corrected chi connectivity index (χ3v) is 2.13. The van der Waals surface area contributed by atoms with Crippen molar-refractivity contribution in [3.8, 4) is 0 Å². The molecule has 0 aromatic heterocycles. The molecular weight excluding hydrogens is 174 g/mol. The number of likely N-dealkylation sites (N-methyl/N-ethyl adjacent to an activating group) is 1. The zero-order valence-electron chi connectivity index (χ0n) is 8.44. The number of rotatable bonds is 5. The molecule has 0 aliphatic rings. The van der Waals surface area contributed by atoms with E-state index in [1.807, 2.05) is 30.3 Å². The minimum absolute atomic E-state index is 0.711. The molecule has 0 radical (unpaired) electrons. The van der Waals surface area contributed by atoms with Gasteiger partial charge in [-0.1, -0.05) is 6.08 Å². The SMILES string of the molecule is C=CCN(CC)c1ccc(C=O)cc1. The topological polar surface area (TPSA) is 20.3 Å². The number of carbonyl (C=O) groups is 1. The van der Waals surface area contributed by atoms with E-state index in [-0.39, 0.29) is 0 Å². The van der Waals surface area contributed by atoms with Gasteiger partial charge in [0, 0.05) is 24.3 Å². The Morgan fingerprint density at radius 1 is 1.36 bits per heavy atom. The fraction of sp³-hybridized carbons (Fsp3) is 0.250. The zero-order chi connectivity index (χ0) is 10.4. The van der Waals surface area contributed by atoms with Gasteiger partial charge in [-0.3, -0.25) is 4.79 Å². The second-order valence-corrected chi connectivity index (χ2v) is 3.04. The van der Waals surface area contributed by atoms with Gasteiger partial charge in [0.1, 0.15) is 6.29 Å². The van der Waals surface area contributed by atoms with Gasteiger partial charge in [-0.2, -0.15) is 0 Å². The van der Waals surface area contributed by atoms with Crippen molar-refractivity contribution in [3.63, 3.8) is 0 Å². The molecule has 1 rings (SSSR count). The standard InChI is InChI=1S/C12H15NO/c1-3-9-13(4-2)12-7-5-11(10-14)6-8-12/h3,5-8,10H,1,4,9H2,2H3. The second-order valence-electron chi connectivity index (χ2n) is 3.04. The lowest BCUT2D eigenvalue weighted by molar-refractivity contribution is 0.112. The Morgan fingerprint density at radius 3 is 2.43 bits per heavy atom. The molecule has 14 heavy (non-hydrogen) atoms. The monoisotopic (exact) mass is 189 g/mol. The molecule has 2 nitrogen and oxygen atoms in total. The Bertz CT molecular complexity index is 303. The van der Waals surface area contributed by atoms with Gasteiger partial charge < -0.3 is 4.90 Å². The molecule has 0 saturated carbocycles. The Labute approximate surface area is 84.9 Å². The van der Waals surface area contributed by atoms with Crippen LogP contribution in [0.25, 0.3) is 0 Å². The fourth-order valence-corrected chi connectivity index (χ4v) is 1.34. The highest BCUT2D eigenvalue weighted by Gasteiger charge is 2.00. The first-order valence-electron chi connectivity index (χ1n) is 4.73. The molecule has 1 aromatic rings. The number of anilines is 1. The third kappa shape index (κ3) is 2.46. The summed E-state index contributed by atoms with van der Waals surface area (Å²) in [6, 6.07) is 7.57. The Morgan fingerprint density at radius 2 is 2.00 bits per heavy atom. The molecule has 1 aromatic carbocycles. The average molecular weight is 189 g/mol. The third-order valence-electron chi connectivity index (χ3n) is 2.13. The van der Waals surface area contributed by atoms with Crippen LogP contribution in [0.4, 0.5) is 5.69 Å². The van der Waals surface area contributed by atoms with E-state index in [9.17, 15) is 4.79 Å². The summed E-state index contributed by atoms with van der Waals surface area (Å²) in [6.07, 6.45) is 2.73. The lowest BCUT2D eigenvalue weighted by Crippen LogP contribution is -2.22. The van der Waals surface area contributed by atoms with Crippen molar-refractivity contribution in [2.45, 2.75) is 6.92 Å². The van der Waals surface area contributed by atoms with Crippen molar-refractivity contribution in [1.82, 2.24) is 0 Å². The molecule has 74 valence electrons. The lowest BCUT2D eigenvalue weighted by atomic mass is 10.2. The summed E-state index contributed by atoms with van der Waals surface area (Å²) in [5.41, 5.74) is 1.83. The van der Waals surface area contributed by atoms with E-state index in [4.69, 9.17) is 0 Å². The average Bonchev–Trinajstić information content (AvgIpc) is 2.26. The van der Waals surface area contributed by atoms with Crippen LogP contribution in [0.2, 0.25) is 0 Å². The molecule has 0 aliphatic carbocycles. The fourth-order valence-electron chi connectivity index (χ4n) is 1.34. The minimum atomic E-state index is 0.711. The minimum Gasteiger partial charge on any atom is -0.368 e. The summed E-state index contributed by atoms with van der Waals surface area (Å²) in [4.78, 5) is 12.6. The summed E-state index contributed by atoms with van der Waals surface area (Å²) in [7, 11) is 0. The molecule has 0 unspecified atom stereocenters. The van der Waals surface area contributed by atoms with Crippen LogP contribution in [0.5, 0.6) is 0 Å². The predicted molar refractivity (Wildman–Crippen MR) is 59.9 cm³/mol. The van der Waals surface area contributed by atoms with E-state index in [1.54, 1.807) is 0 Å². The lowest BCUT2D eigenvalue weighted by Gasteiger charge is -2.21. The summed E-state index contributed by atoms with van der Waals surface area (Å²) in [5, 5.41) is 0. The maximum Gasteiger partial charge on any atom is 0.150 e. The van der Waals surface area contributed by atoms with Gasteiger partial charge in [-0.15, -0.1) is 6.58 Å². The van der Waals surface area contributed by atoms with E-state index in [2.05, 4.69) is 18.4 Å². The number of nitrogens with zero attached hydrogens (tertiary/aromatic N) is 1. The molecule has 0 atom stereocenters. The van der Waals surface area contributed by atoms with Crippen LogP contribution < -0.4 is 4.90 Å². The molecule has 0 aliphatic heterocycles. The van der Waals surface area contributed by atoms with Gasteiger partial charge in [0.25, 0.3) is 0 Å². The quantitative estimate of drug-likeness (QED) is 0.524. The number of hydrogen-bond acceptors (Lipinski definition) is 2. The van der Waals surface area contributed by atoms with Gasteiger partial charge in [-0.25, -0.2) is 0 Å². The summed E-state index contributed by atoms with van der Waals surface area (Å²) in [5.74, 6) is 0. The molecule has 0 spiro atoms. The van der Waals surface area contributed by atoms with Crippen molar-refractivity contribution >= 4 is 12.0 Å². The number of hydrogen-bond donors (Lipinski definition) is 0. The summed E-state index contributed by atoms with van der Waals surface area (Å²) >= 11 is 0. The Kier molecular flexibility index (Phi) is 3.92. The molecule has 0 amide bonds. The van der Waals surface area contributed by atoms with Gasteiger partial charge >= 0.3 is 0 Å². The maximum atomic E-state index is 10.5. The molecular formula is C12H15NO. The van der Waals surface area contributed by atoms with Gasteiger partial charge in [0.05, 0.1) is 0 Å². The van der Waals surface area contributed by atoms with Crippen LogP contribution >= 0.6 is 0 Å². The van der Waals surface area contributed by atoms with Crippen molar-refractivity contribution in [1.29, 1.82) is 0 Å². The number of carbonyl (C=O) groups excluding carboxylic acids is 1. The highest BCUT2D eigenvalue weighted by Crippen LogP contribution is 2.14. The first-order valence-corrected chi connectivity index (χ1v) is 4.73. The van der Waals surface area contributed by atoms with Crippen LogP contribution in [-0.4, -0.2) is 19.4 Å². The number of aldehydes is 1. The molecule has 0 saturated heterocycles. The largest absolute Gasteiger partial charge is 0.368 e. The molecule has 0 heterocycles. The van der Waals surface area contributed by atoms with Crippen molar-refractivity contribution in [2.75, 3.05) is 18.0 Å². The van der Waals surface area contributed by atoms with Gasteiger partial charge in [0.15, 0.2) is 0 Å². The van der Waals surface area contributed by atoms with Crippen LogP contribution in [0.1, 0.15) is 17.3 Å². The smallest absolute Gasteiger partial charge is 0.150 e. The molecule has 0 N–H and O–H groups in total. The molecule has 2 heteroatoms. The number of benzene rings is 1. The van der Waals surface area contributed by atoms with Gasteiger partial charge in [0.2, 0.25) is 0 Å². The predicted octanol–water partition coefficient (Wildman–Crippen LogP) is 2.51.